The van der Waals surface area contributed by atoms with Crippen molar-refractivity contribution in [2.45, 2.75) is 23.6 Å². The fourth-order valence-corrected chi connectivity index (χ4v) is 5.83. The van der Waals surface area contributed by atoms with Crippen LogP contribution in [0.3, 0.4) is 0 Å². The smallest absolute Gasteiger partial charge is 0.264 e. The molecule has 0 aliphatic carbocycles. The summed E-state index contributed by atoms with van der Waals surface area (Å²) in [5.74, 6) is -0.138. The van der Waals surface area contributed by atoms with Crippen LogP contribution in [0.4, 0.5) is 11.4 Å². The molecule has 0 saturated carbocycles. The normalized spacial score (nSPS) is 11.6. The summed E-state index contributed by atoms with van der Waals surface area (Å²) in [5.41, 5.74) is 0.678. The molecular weight excluding hydrogens is 464 g/mol. The van der Waals surface area contributed by atoms with E-state index in [0.717, 1.165) is 0 Å². The van der Waals surface area contributed by atoms with Crippen molar-refractivity contribution < 1.29 is 26.4 Å². The van der Waals surface area contributed by atoms with Crippen molar-refractivity contribution in [1.29, 1.82) is 0 Å². The summed E-state index contributed by atoms with van der Waals surface area (Å²) in [6.07, 6.45) is 0. The SMILES string of the molecule is CCN(c1ccccc1)S(=O)(=O)c1ccc(OC)c(NS(=O)(=O)c2cccc(C(C)=O)c2)c1. The van der Waals surface area contributed by atoms with Crippen LogP contribution in [-0.2, 0) is 20.0 Å². The van der Waals surface area contributed by atoms with E-state index in [0.29, 0.717) is 5.69 Å². The van der Waals surface area contributed by atoms with Gasteiger partial charge in [-0.15, -0.1) is 0 Å². The second kappa shape index (κ2) is 9.63. The molecule has 0 spiro atoms. The standard InChI is InChI=1S/C23H24N2O6S2/c1-4-25(19-10-6-5-7-11-19)33(29,30)21-13-14-23(31-3)22(16-21)24-32(27,28)20-12-8-9-18(15-20)17(2)26/h5-16,24H,4H2,1-3H3. The highest BCUT2D eigenvalue weighted by atomic mass is 32.2. The van der Waals surface area contributed by atoms with Gasteiger partial charge in [-0.3, -0.25) is 13.8 Å². The van der Waals surface area contributed by atoms with E-state index in [1.807, 2.05) is 0 Å². The number of nitrogens with one attached hydrogen (secondary N) is 1. The first-order valence-electron chi connectivity index (χ1n) is 10.00. The Balaban J connectivity index is 2.04. The van der Waals surface area contributed by atoms with Crippen molar-refractivity contribution >= 4 is 37.2 Å². The Bertz CT molecular complexity index is 1370. The van der Waals surface area contributed by atoms with Gasteiger partial charge in [0.25, 0.3) is 20.0 Å². The molecule has 0 saturated heterocycles. The zero-order chi connectivity index (χ0) is 24.2. The summed E-state index contributed by atoms with van der Waals surface area (Å²) in [6.45, 7) is 3.22. The molecule has 33 heavy (non-hydrogen) atoms. The predicted molar refractivity (Wildman–Crippen MR) is 127 cm³/mol. The molecule has 0 bridgehead atoms. The molecule has 0 aromatic heterocycles. The number of anilines is 2. The van der Waals surface area contributed by atoms with E-state index in [-0.39, 0.29) is 39.1 Å². The molecule has 10 heteroatoms. The second-order valence-corrected chi connectivity index (χ2v) is 10.6. The van der Waals surface area contributed by atoms with Crippen LogP contribution in [0.25, 0.3) is 0 Å². The number of para-hydroxylation sites is 1. The van der Waals surface area contributed by atoms with Crippen molar-refractivity contribution in [2.75, 3.05) is 22.7 Å². The van der Waals surface area contributed by atoms with Crippen LogP contribution < -0.4 is 13.8 Å². The zero-order valence-electron chi connectivity index (χ0n) is 18.3. The monoisotopic (exact) mass is 488 g/mol. The first-order valence-corrected chi connectivity index (χ1v) is 12.9. The largest absolute Gasteiger partial charge is 0.495 e. The van der Waals surface area contributed by atoms with Crippen LogP contribution in [0.1, 0.15) is 24.2 Å². The third-order valence-corrected chi connectivity index (χ3v) is 8.15. The van der Waals surface area contributed by atoms with Gasteiger partial charge in [0.15, 0.2) is 5.78 Å². The summed E-state index contributed by atoms with van der Waals surface area (Å²) in [7, 11) is -6.78. The van der Waals surface area contributed by atoms with Gasteiger partial charge < -0.3 is 4.74 Å². The van der Waals surface area contributed by atoms with Gasteiger partial charge in [-0.05, 0) is 56.3 Å². The summed E-state index contributed by atoms with van der Waals surface area (Å²) < 4.78 is 61.5. The molecule has 0 radical (unpaired) electrons. The average Bonchev–Trinajstić information content (AvgIpc) is 2.80. The van der Waals surface area contributed by atoms with E-state index in [4.69, 9.17) is 4.74 Å². The van der Waals surface area contributed by atoms with Gasteiger partial charge in [-0.1, -0.05) is 30.3 Å². The third-order valence-electron chi connectivity index (χ3n) is 4.89. The number of carbonyl (C=O) groups is 1. The summed E-state index contributed by atoms with van der Waals surface area (Å²) in [6, 6.07) is 18.1. The molecule has 3 aromatic rings. The molecule has 0 aliphatic heterocycles. The number of nitrogens with zero attached hydrogens (tertiary/aromatic N) is 1. The van der Waals surface area contributed by atoms with Crippen LogP contribution in [0.5, 0.6) is 5.75 Å². The highest BCUT2D eigenvalue weighted by Gasteiger charge is 2.26. The molecule has 1 N–H and O–H groups in total. The van der Waals surface area contributed by atoms with Crippen LogP contribution in [0.2, 0.25) is 0 Å². The topological polar surface area (TPSA) is 110 Å². The first kappa shape index (κ1) is 24.3. The fourth-order valence-electron chi connectivity index (χ4n) is 3.23. The summed E-state index contributed by atoms with van der Waals surface area (Å²) >= 11 is 0. The molecule has 8 nitrogen and oxygen atoms in total. The number of rotatable bonds is 9. The van der Waals surface area contributed by atoms with E-state index in [2.05, 4.69) is 4.72 Å². The van der Waals surface area contributed by atoms with E-state index in [9.17, 15) is 21.6 Å². The van der Waals surface area contributed by atoms with Gasteiger partial charge in [-0.25, -0.2) is 16.8 Å². The Kier molecular flexibility index (Phi) is 7.09. The van der Waals surface area contributed by atoms with E-state index in [1.54, 1.807) is 37.3 Å². The van der Waals surface area contributed by atoms with Crippen LogP contribution in [0.15, 0.2) is 82.6 Å². The van der Waals surface area contributed by atoms with Crippen molar-refractivity contribution in [3.05, 3.63) is 78.4 Å². The van der Waals surface area contributed by atoms with Crippen molar-refractivity contribution in [3.63, 3.8) is 0 Å². The molecule has 0 atom stereocenters. The summed E-state index contributed by atoms with van der Waals surface area (Å²) in [4.78, 5) is 11.4. The molecule has 174 valence electrons. The molecule has 0 amide bonds. The van der Waals surface area contributed by atoms with Crippen molar-refractivity contribution in [3.8, 4) is 5.75 Å². The molecule has 0 heterocycles. The number of hydrogen-bond donors (Lipinski definition) is 1. The number of ether oxygens (including phenoxy) is 1. The number of hydrogen-bond acceptors (Lipinski definition) is 6. The highest BCUT2D eigenvalue weighted by Crippen LogP contribution is 2.32. The van der Waals surface area contributed by atoms with Gasteiger partial charge >= 0.3 is 0 Å². The lowest BCUT2D eigenvalue weighted by Crippen LogP contribution is -2.30. The minimum absolute atomic E-state index is 0.0454. The number of benzene rings is 3. The van der Waals surface area contributed by atoms with Crippen LogP contribution in [0, 0.1) is 0 Å². The molecular formula is C23H24N2O6S2. The Morgan fingerprint density at radius 1 is 0.909 bits per heavy atom. The molecule has 0 aliphatic rings. The predicted octanol–water partition coefficient (Wildman–Crippen LogP) is 3.91. The lowest BCUT2D eigenvalue weighted by molar-refractivity contribution is 0.101. The van der Waals surface area contributed by atoms with Gasteiger partial charge in [0, 0.05) is 12.1 Å². The average molecular weight is 489 g/mol. The first-order chi connectivity index (χ1) is 15.6. The van der Waals surface area contributed by atoms with E-state index < -0.39 is 20.0 Å². The lowest BCUT2D eigenvalue weighted by Gasteiger charge is -2.23. The zero-order valence-corrected chi connectivity index (χ0v) is 20.0. The summed E-state index contributed by atoms with van der Waals surface area (Å²) in [5, 5.41) is 0. The maximum absolute atomic E-state index is 13.3. The lowest BCUT2D eigenvalue weighted by atomic mass is 10.2. The second-order valence-electron chi connectivity index (χ2n) is 7.06. The van der Waals surface area contributed by atoms with Gasteiger partial charge in [0.2, 0.25) is 0 Å². The Morgan fingerprint density at radius 3 is 2.21 bits per heavy atom. The minimum Gasteiger partial charge on any atom is -0.495 e. The molecule has 0 unspecified atom stereocenters. The third kappa shape index (κ3) is 5.18. The Hall–Kier alpha value is -3.37. The van der Waals surface area contributed by atoms with Crippen molar-refractivity contribution in [2.24, 2.45) is 0 Å². The Morgan fingerprint density at radius 2 is 1.61 bits per heavy atom. The van der Waals surface area contributed by atoms with Crippen LogP contribution >= 0.6 is 0 Å². The number of Topliss-reactive ketones (excluding diaryl/α,β-unsaturated/α-hetero) is 1. The van der Waals surface area contributed by atoms with Gasteiger partial charge in [-0.2, -0.15) is 0 Å². The van der Waals surface area contributed by atoms with Gasteiger partial charge in [0.05, 0.1) is 28.3 Å². The van der Waals surface area contributed by atoms with E-state index in [1.165, 1.54) is 60.8 Å². The van der Waals surface area contributed by atoms with E-state index >= 15 is 0 Å². The molecule has 0 fully saturated rings. The number of sulfonamides is 2. The quantitative estimate of drug-likeness (QED) is 0.457. The van der Waals surface area contributed by atoms with Crippen LogP contribution in [-0.4, -0.2) is 36.3 Å². The maximum Gasteiger partial charge on any atom is 0.264 e. The fraction of sp³-hybridized carbons (Fsp3) is 0.174. The number of ketones is 1. The minimum atomic E-state index is -4.13. The molecule has 3 rings (SSSR count). The highest BCUT2D eigenvalue weighted by molar-refractivity contribution is 7.93. The Labute approximate surface area is 193 Å². The number of methoxy groups -OCH3 is 1. The van der Waals surface area contributed by atoms with Gasteiger partial charge in [0.1, 0.15) is 5.75 Å². The van der Waals surface area contributed by atoms with Crippen molar-refractivity contribution in [1.82, 2.24) is 0 Å². The number of carbonyl (C=O) groups excluding carboxylic acids is 1. The maximum atomic E-state index is 13.3. The molecule has 3 aromatic carbocycles.